The van der Waals surface area contributed by atoms with Crippen molar-refractivity contribution in [2.24, 2.45) is 0 Å². The summed E-state index contributed by atoms with van der Waals surface area (Å²) in [5.74, 6) is -0.601. The molecule has 0 saturated heterocycles. The third-order valence-corrected chi connectivity index (χ3v) is 5.92. The minimum absolute atomic E-state index is 0.0685. The topological polar surface area (TPSA) is 76.1 Å². The van der Waals surface area contributed by atoms with Crippen LogP contribution in [0.15, 0.2) is 52.7 Å². The van der Waals surface area contributed by atoms with E-state index >= 15 is 0 Å². The molecule has 0 saturated carbocycles. The molecule has 1 amide bonds. The normalized spacial score (nSPS) is 11.4. The van der Waals surface area contributed by atoms with Crippen LogP contribution in [0.3, 0.4) is 0 Å². The molecule has 0 fully saturated rings. The van der Waals surface area contributed by atoms with Gasteiger partial charge in [-0.2, -0.15) is 0 Å². The molecule has 0 aliphatic heterocycles. The summed E-state index contributed by atoms with van der Waals surface area (Å²) < 4.78 is 36.5. The summed E-state index contributed by atoms with van der Waals surface area (Å²) in [7, 11) is -3.29. The van der Waals surface area contributed by atoms with Crippen molar-refractivity contribution in [3.05, 3.63) is 64.9 Å². The number of amides is 1. The first-order valence-corrected chi connectivity index (χ1v) is 10.8. The average Bonchev–Trinajstić information content (AvgIpc) is 3.04. The fraction of sp³-hybridized carbons (Fsp3) is 0.158. The van der Waals surface area contributed by atoms with E-state index in [2.05, 4.69) is 10.3 Å². The number of benzene rings is 2. The average molecular weight is 404 g/mol. The van der Waals surface area contributed by atoms with Gasteiger partial charge in [0.15, 0.2) is 9.84 Å². The number of carbonyl (C=O) groups is 1. The number of nitrogens with zero attached hydrogens (tertiary/aromatic N) is 1. The van der Waals surface area contributed by atoms with Gasteiger partial charge in [-0.1, -0.05) is 12.1 Å². The molecule has 0 atom stereocenters. The Kier molecular flexibility index (Phi) is 5.38. The standard InChI is InChI=1S/C19H17FN2O3S2/c1-12-8-16(27(2,24)25)6-7-17(12)22-18(23)10-15-11-26-19(21-15)13-4-3-5-14(20)9-13/h3-9,11H,10H2,1-2H3,(H,22,23). The molecule has 0 spiro atoms. The Labute approximate surface area is 160 Å². The second-order valence-corrected chi connectivity index (χ2v) is 9.00. The molecule has 0 aliphatic rings. The molecule has 1 N–H and O–H groups in total. The van der Waals surface area contributed by atoms with E-state index in [1.807, 2.05) is 0 Å². The van der Waals surface area contributed by atoms with Crippen LogP contribution in [0.2, 0.25) is 0 Å². The van der Waals surface area contributed by atoms with E-state index in [1.54, 1.807) is 30.5 Å². The van der Waals surface area contributed by atoms with Crippen LogP contribution >= 0.6 is 11.3 Å². The highest BCUT2D eigenvalue weighted by Crippen LogP contribution is 2.25. The Bertz CT molecular complexity index is 1110. The maximum Gasteiger partial charge on any atom is 0.230 e. The number of thiazole rings is 1. The maximum absolute atomic E-state index is 13.3. The summed E-state index contributed by atoms with van der Waals surface area (Å²) in [6.45, 7) is 1.73. The lowest BCUT2D eigenvalue weighted by molar-refractivity contribution is -0.115. The lowest BCUT2D eigenvalue weighted by Gasteiger charge is -2.09. The van der Waals surface area contributed by atoms with Crippen molar-refractivity contribution < 1.29 is 17.6 Å². The Morgan fingerprint density at radius 2 is 2.00 bits per heavy atom. The van der Waals surface area contributed by atoms with Crippen molar-refractivity contribution in [1.29, 1.82) is 0 Å². The summed E-state index contributed by atoms with van der Waals surface area (Å²) in [5.41, 5.74) is 2.46. The van der Waals surface area contributed by atoms with Crippen LogP contribution in [0.4, 0.5) is 10.1 Å². The minimum Gasteiger partial charge on any atom is -0.326 e. The molecule has 3 aromatic rings. The molecule has 1 heterocycles. The number of sulfone groups is 1. The van der Waals surface area contributed by atoms with Crippen molar-refractivity contribution in [3.8, 4) is 10.6 Å². The van der Waals surface area contributed by atoms with Gasteiger partial charge in [0.05, 0.1) is 17.0 Å². The van der Waals surface area contributed by atoms with E-state index < -0.39 is 9.84 Å². The molecule has 3 rings (SSSR count). The smallest absolute Gasteiger partial charge is 0.230 e. The second-order valence-electron chi connectivity index (χ2n) is 6.13. The number of aromatic nitrogens is 1. The number of anilines is 1. The Balaban J connectivity index is 1.70. The molecule has 2 aromatic carbocycles. The van der Waals surface area contributed by atoms with Crippen molar-refractivity contribution in [1.82, 2.24) is 4.98 Å². The SMILES string of the molecule is Cc1cc(S(C)(=O)=O)ccc1NC(=O)Cc1csc(-c2cccc(F)c2)n1. The van der Waals surface area contributed by atoms with Gasteiger partial charge in [-0.25, -0.2) is 17.8 Å². The highest BCUT2D eigenvalue weighted by atomic mass is 32.2. The number of nitrogens with one attached hydrogen (secondary N) is 1. The predicted molar refractivity (Wildman–Crippen MR) is 104 cm³/mol. The Hall–Kier alpha value is -2.58. The number of carbonyl (C=O) groups excluding carboxylic acids is 1. The van der Waals surface area contributed by atoms with Gasteiger partial charge in [0.25, 0.3) is 0 Å². The first-order valence-electron chi connectivity index (χ1n) is 8.03. The summed E-state index contributed by atoms with van der Waals surface area (Å²) in [5, 5.41) is 5.17. The number of rotatable bonds is 5. The van der Waals surface area contributed by atoms with Gasteiger partial charge in [0, 0.05) is 22.9 Å². The van der Waals surface area contributed by atoms with Crippen molar-refractivity contribution in [3.63, 3.8) is 0 Å². The van der Waals surface area contributed by atoms with Crippen molar-refractivity contribution >= 4 is 32.8 Å². The third-order valence-electron chi connectivity index (χ3n) is 3.87. The number of aryl methyl sites for hydroxylation is 1. The maximum atomic E-state index is 13.3. The molecule has 8 heteroatoms. The largest absolute Gasteiger partial charge is 0.326 e. The van der Waals surface area contributed by atoms with Crippen LogP contribution in [-0.2, 0) is 21.1 Å². The zero-order chi connectivity index (χ0) is 19.6. The number of hydrogen-bond donors (Lipinski definition) is 1. The van der Waals surface area contributed by atoms with Crippen molar-refractivity contribution in [2.45, 2.75) is 18.2 Å². The zero-order valence-corrected chi connectivity index (χ0v) is 16.3. The summed E-state index contributed by atoms with van der Waals surface area (Å²) in [4.78, 5) is 16.9. The fourth-order valence-corrected chi connectivity index (χ4v) is 4.03. The lowest BCUT2D eigenvalue weighted by atomic mass is 10.2. The van der Waals surface area contributed by atoms with Crippen LogP contribution in [0.25, 0.3) is 10.6 Å². The lowest BCUT2D eigenvalue weighted by Crippen LogP contribution is -2.15. The van der Waals surface area contributed by atoms with E-state index in [4.69, 9.17) is 0 Å². The van der Waals surface area contributed by atoms with Crippen LogP contribution in [0.5, 0.6) is 0 Å². The molecule has 1 aromatic heterocycles. The van der Waals surface area contributed by atoms with E-state index in [9.17, 15) is 17.6 Å². The third kappa shape index (κ3) is 4.78. The number of hydrogen-bond acceptors (Lipinski definition) is 5. The summed E-state index contributed by atoms with van der Waals surface area (Å²) in [6, 6.07) is 10.7. The van der Waals surface area contributed by atoms with Gasteiger partial charge in [0.2, 0.25) is 5.91 Å². The fourth-order valence-electron chi connectivity index (χ4n) is 2.51. The molecule has 0 aliphatic carbocycles. The molecular formula is C19H17FN2O3S2. The molecule has 27 heavy (non-hydrogen) atoms. The molecule has 0 unspecified atom stereocenters. The quantitative estimate of drug-likeness (QED) is 0.701. The molecule has 0 radical (unpaired) electrons. The van der Waals surface area contributed by atoms with Crippen molar-refractivity contribution in [2.75, 3.05) is 11.6 Å². The monoisotopic (exact) mass is 404 g/mol. The summed E-state index contributed by atoms with van der Waals surface area (Å²) >= 11 is 1.34. The highest BCUT2D eigenvalue weighted by molar-refractivity contribution is 7.90. The van der Waals surface area contributed by atoms with E-state index in [0.717, 1.165) is 6.26 Å². The molecule has 140 valence electrons. The van der Waals surface area contributed by atoms with Crippen LogP contribution in [0, 0.1) is 12.7 Å². The minimum atomic E-state index is -3.29. The first-order chi connectivity index (χ1) is 12.7. The van der Waals surface area contributed by atoms with Gasteiger partial charge in [-0.3, -0.25) is 4.79 Å². The Morgan fingerprint density at radius 3 is 2.67 bits per heavy atom. The van der Waals surface area contributed by atoms with E-state index in [1.165, 1.54) is 35.6 Å². The van der Waals surface area contributed by atoms with Gasteiger partial charge in [-0.15, -0.1) is 11.3 Å². The predicted octanol–water partition coefficient (Wildman–Crippen LogP) is 3.84. The van der Waals surface area contributed by atoms with Gasteiger partial charge in [0.1, 0.15) is 10.8 Å². The second kappa shape index (κ2) is 7.58. The Morgan fingerprint density at radius 1 is 1.22 bits per heavy atom. The molecular weight excluding hydrogens is 387 g/mol. The van der Waals surface area contributed by atoms with Crippen LogP contribution in [0.1, 0.15) is 11.3 Å². The number of halogens is 1. The van der Waals surface area contributed by atoms with E-state index in [-0.39, 0.29) is 23.0 Å². The van der Waals surface area contributed by atoms with Crippen LogP contribution in [-0.4, -0.2) is 25.6 Å². The van der Waals surface area contributed by atoms with Gasteiger partial charge < -0.3 is 5.32 Å². The highest BCUT2D eigenvalue weighted by Gasteiger charge is 2.13. The molecule has 5 nitrogen and oxygen atoms in total. The van der Waals surface area contributed by atoms with E-state index in [0.29, 0.717) is 27.5 Å². The molecule has 0 bridgehead atoms. The van der Waals surface area contributed by atoms with Gasteiger partial charge >= 0.3 is 0 Å². The summed E-state index contributed by atoms with van der Waals surface area (Å²) in [6.07, 6.45) is 1.21. The first kappa shape index (κ1) is 19.2. The van der Waals surface area contributed by atoms with Crippen LogP contribution < -0.4 is 5.32 Å². The zero-order valence-electron chi connectivity index (χ0n) is 14.7. The van der Waals surface area contributed by atoms with Gasteiger partial charge in [-0.05, 0) is 42.8 Å².